The van der Waals surface area contributed by atoms with Gasteiger partial charge in [0, 0.05) is 24.5 Å². The van der Waals surface area contributed by atoms with E-state index in [0.29, 0.717) is 22.8 Å². The molecule has 2 amide bonds. The number of carbonyl (C=O) groups excluding carboxylic acids is 2. The molecule has 0 heterocycles. The van der Waals surface area contributed by atoms with Crippen molar-refractivity contribution in [3.8, 4) is 0 Å². The van der Waals surface area contributed by atoms with E-state index in [-0.39, 0.29) is 18.9 Å². The number of nitrogens with zero attached hydrogens (tertiary/aromatic N) is 2. The second-order valence-electron chi connectivity index (χ2n) is 9.27. The first-order valence-corrected chi connectivity index (χ1v) is 14.6. The van der Waals surface area contributed by atoms with Crippen molar-refractivity contribution in [3.63, 3.8) is 0 Å². The summed E-state index contributed by atoms with van der Waals surface area (Å²) < 4.78 is 26.9. The lowest BCUT2D eigenvalue weighted by Gasteiger charge is -2.34. The zero-order valence-corrected chi connectivity index (χ0v) is 23.7. The highest BCUT2D eigenvalue weighted by Crippen LogP contribution is 2.26. The lowest BCUT2D eigenvalue weighted by Crippen LogP contribution is -2.53. The maximum atomic E-state index is 14.0. The maximum absolute atomic E-state index is 14.0. The van der Waals surface area contributed by atoms with E-state index in [0.717, 1.165) is 27.3 Å². The van der Waals surface area contributed by atoms with E-state index in [9.17, 15) is 18.0 Å². The number of rotatable bonds is 11. The minimum Gasteiger partial charge on any atom is -0.355 e. The first-order valence-electron chi connectivity index (χ1n) is 12.4. The van der Waals surface area contributed by atoms with Crippen LogP contribution < -0.4 is 9.62 Å². The molecule has 0 aliphatic rings. The molecule has 202 valence electrons. The molecule has 1 unspecified atom stereocenters. The molecule has 0 fully saturated rings. The van der Waals surface area contributed by atoms with Crippen LogP contribution in [0, 0.1) is 13.8 Å². The summed E-state index contributed by atoms with van der Waals surface area (Å²) in [4.78, 5) is 28.8. The molecule has 3 aromatic rings. The van der Waals surface area contributed by atoms with Crippen molar-refractivity contribution in [1.29, 1.82) is 0 Å². The van der Waals surface area contributed by atoms with Crippen LogP contribution in [0.5, 0.6) is 0 Å². The van der Waals surface area contributed by atoms with Crippen molar-refractivity contribution in [2.45, 2.75) is 39.8 Å². The van der Waals surface area contributed by atoms with Gasteiger partial charge in [-0.05, 0) is 55.2 Å². The number of hydrogen-bond donors (Lipinski definition) is 1. The molecule has 0 saturated carbocycles. The van der Waals surface area contributed by atoms with Crippen LogP contribution in [0.1, 0.15) is 29.2 Å². The highest BCUT2D eigenvalue weighted by Gasteiger charge is 2.33. The maximum Gasteiger partial charge on any atom is 0.244 e. The minimum absolute atomic E-state index is 0.0392. The summed E-state index contributed by atoms with van der Waals surface area (Å²) >= 11 is 6.45. The number of nitrogens with one attached hydrogen (secondary N) is 1. The Morgan fingerprint density at radius 1 is 0.974 bits per heavy atom. The fourth-order valence-corrected chi connectivity index (χ4v) is 5.33. The van der Waals surface area contributed by atoms with Gasteiger partial charge in [-0.1, -0.05) is 72.3 Å². The van der Waals surface area contributed by atoms with Crippen LogP contribution >= 0.6 is 11.6 Å². The number of hydrogen-bond acceptors (Lipinski definition) is 4. The van der Waals surface area contributed by atoms with Gasteiger partial charge in [-0.2, -0.15) is 0 Å². The van der Waals surface area contributed by atoms with Crippen LogP contribution in [-0.4, -0.2) is 50.5 Å². The quantitative estimate of drug-likeness (QED) is 0.377. The number of anilines is 1. The first kappa shape index (κ1) is 29.2. The van der Waals surface area contributed by atoms with Crippen molar-refractivity contribution in [3.05, 3.63) is 100 Å². The van der Waals surface area contributed by atoms with Gasteiger partial charge in [0.15, 0.2) is 0 Å². The summed E-state index contributed by atoms with van der Waals surface area (Å²) in [7, 11) is -3.82. The highest BCUT2D eigenvalue weighted by atomic mass is 35.5. The zero-order chi connectivity index (χ0) is 27.9. The molecular weight excluding hydrogens is 522 g/mol. The number of benzene rings is 3. The Kier molecular flexibility index (Phi) is 9.94. The molecule has 7 nitrogen and oxygen atoms in total. The molecule has 0 spiro atoms. The van der Waals surface area contributed by atoms with Crippen LogP contribution in [0.2, 0.25) is 5.02 Å². The number of halogens is 1. The average Bonchev–Trinajstić information content (AvgIpc) is 2.87. The zero-order valence-electron chi connectivity index (χ0n) is 22.1. The van der Waals surface area contributed by atoms with E-state index in [4.69, 9.17) is 11.6 Å². The number of amides is 2. The van der Waals surface area contributed by atoms with Crippen molar-refractivity contribution >= 4 is 39.1 Å². The number of sulfonamides is 1. The number of carbonyl (C=O) groups is 2. The minimum atomic E-state index is -3.82. The van der Waals surface area contributed by atoms with Crippen LogP contribution in [-0.2, 0) is 32.6 Å². The summed E-state index contributed by atoms with van der Waals surface area (Å²) in [5.74, 6) is -0.835. The normalized spacial score (nSPS) is 12.0. The standard InChI is InChI=1S/C29H34ClN3O4S/c1-5-31-29(35)27(18-23-11-7-6-8-12-23)32(19-24-13-9-10-14-25(24)30)28(34)20-33(38(4,36)37)26-17-21(2)15-16-22(26)3/h6-17,27H,5,18-20H2,1-4H3,(H,31,35). The molecule has 0 saturated heterocycles. The Balaban J connectivity index is 2.08. The van der Waals surface area contributed by atoms with E-state index >= 15 is 0 Å². The van der Waals surface area contributed by atoms with Gasteiger partial charge in [0.2, 0.25) is 21.8 Å². The average molecular weight is 556 g/mol. The molecule has 0 aliphatic heterocycles. The van der Waals surface area contributed by atoms with E-state index in [1.165, 1.54) is 4.90 Å². The molecule has 0 bridgehead atoms. The molecule has 0 aliphatic carbocycles. The van der Waals surface area contributed by atoms with Crippen LogP contribution in [0.3, 0.4) is 0 Å². The van der Waals surface area contributed by atoms with Gasteiger partial charge in [-0.25, -0.2) is 8.42 Å². The van der Waals surface area contributed by atoms with E-state index in [1.807, 2.05) is 56.3 Å². The Bertz CT molecular complexity index is 1380. The van der Waals surface area contributed by atoms with Gasteiger partial charge in [0.05, 0.1) is 11.9 Å². The first-order chi connectivity index (χ1) is 18.0. The van der Waals surface area contributed by atoms with Gasteiger partial charge >= 0.3 is 0 Å². The fourth-order valence-electron chi connectivity index (χ4n) is 4.24. The van der Waals surface area contributed by atoms with Gasteiger partial charge in [0.1, 0.15) is 12.6 Å². The summed E-state index contributed by atoms with van der Waals surface area (Å²) in [6.07, 6.45) is 1.33. The Morgan fingerprint density at radius 3 is 2.26 bits per heavy atom. The van der Waals surface area contributed by atoms with E-state index in [1.54, 1.807) is 37.3 Å². The third kappa shape index (κ3) is 7.58. The lowest BCUT2D eigenvalue weighted by molar-refractivity contribution is -0.140. The Morgan fingerprint density at radius 2 is 1.63 bits per heavy atom. The Hall–Kier alpha value is -3.36. The largest absolute Gasteiger partial charge is 0.355 e. The molecule has 1 atom stereocenters. The second kappa shape index (κ2) is 12.9. The number of likely N-dealkylation sites (N-methyl/N-ethyl adjacent to an activating group) is 1. The predicted molar refractivity (Wildman–Crippen MR) is 153 cm³/mol. The van der Waals surface area contributed by atoms with Crippen molar-refractivity contribution in [2.24, 2.45) is 0 Å². The topological polar surface area (TPSA) is 86.8 Å². The molecule has 0 aromatic heterocycles. The molecule has 3 rings (SSSR count). The van der Waals surface area contributed by atoms with Gasteiger partial charge in [0.25, 0.3) is 0 Å². The fraction of sp³-hybridized carbons (Fsp3) is 0.310. The molecule has 9 heteroatoms. The smallest absolute Gasteiger partial charge is 0.244 e. The van der Waals surface area contributed by atoms with Crippen molar-refractivity contribution < 1.29 is 18.0 Å². The summed E-state index contributed by atoms with van der Waals surface area (Å²) in [6, 6.07) is 21.1. The van der Waals surface area contributed by atoms with Crippen LogP contribution in [0.15, 0.2) is 72.8 Å². The number of aryl methyl sites for hydroxylation is 2. The monoisotopic (exact) mass is 555 g/mol. The van der Waals surface area contributed by atoms with E-state index in [2.05, 4.69) is 5.32 Å². The molecule has 3 aromatic carbocycles. The van der Waals surface area contributed by atoms with Crippen molar-refractivity contribution in [1.82, 2.24) is 10.2 Å². The molecule has 38 heavy (non-hydrogen) atoms. The molecular formula is C29H34ClN3O4S. The highest BCUT2D eigenvalue weighted by molar-refractivity contribution is 7.92. The summed E-state index contributed by atoms with van der Waals surface area (Å²) in [5, 5.41) is 3.29. The second-order valence-corrected chi connectivity index (χ2v) is 11.6. The summed E-state index contributed by atoms with van der Waals surface area (Å²) in [5.41, 5.74) is 3.54. The van der Waals surface area contributed by atoms with Gasteiger partial charge in [-0.15, -0.1) is 0 Å². The third-order valence-electron chi connectivity index (χ3n) is 6.23. The van der Waals surface area contributed by atoms with Gasteiger partial charge in [-0.3, -0.25) is 13.9 Å². The van der Waals surface area contributed by atoms with Crippen molar-refractivity contribution in [2.75, 3.05) is 23.7 Å². The third-order valence-corrected chi connectivity index (χ3v) is 7.73. The van der Waals surface area contributed by atoms with Gasteiger partial charge < -0.3 is 10.2 Å². The Labute approximate surface area is 230 Å². The van der Waals surface area contributed by atoms with E-state index < -0.39 is 28.5 Å². The van der Waals surface area contributed by atoms with Crippen LogP contribution in [0.25, 0.3) is 0 Å². The predicted octanol–water partition coefficient (Wildman–Crippen LogP) is 4.50. The van der Waals surface area contributed by atoms with Crippen LogP contribution in [0.4, 0.5) is 5.69 Å². The molecule has 1 N–H and O–H groups in total. The SMILES string of the molecule is CCNC(=O)C(Cc1ccccc1)N(Cc1ccccc1Cl)C(=O)CN(c1cc(C)ccc1C)S(C)(=O)=O. The molecule has 0 radical (unpaired) electrons. The lowest BCUT2D eigenvalue weighted by atomic mass is 10.0. The summed E-state index contributed by atoms with van der Waals surface area (Å²) in [6.45, 7) is 5.43.